The van der Waals surface area contributed by atoms with Crippen LogP contribution < -0.4 is 10.2 Å². The van der Waals surface area contributed by atoms with Crippen LogP contribution in [0.2, 0.25) is 0 Å². The Bertz CT molecular complexity index is 396. The van der Waals surface area contributed by atoms with Gasteiger partial charge in [-0.1, -0.05) is 6.08 Å². The second-order valence-corrected chi connectivity index (χ2v) is 3.13. The van der Waals surface area contributed by atoms with Gasteiger partial charge in [0, 0.05) is 0 Å². The molecule has 2 rings (SSSR count). The van der Waals surface area contributed by atoms with Crippen molar-refractivity contribution in [1.29, 1.82) is 0 Å². The van der Waals surface area contributed by atoms with Gasteiger partial charge in [-0.15, -0.1) is 13.2 Å². The molecule has 7 heteroatoms. The van der Waals surface area contributed by atoms with E-state index >= 15 is 0 Å². The molecular weight excluding hydrogens is 211 g/mol. The average Bonchev–Trinajstić information content (AvgIpc) is 2.42. The van der Waals surface area contributed by atoms with Crippen molar-refractivity contribution in [3.8, 4) is 5.88 Å². The Balaban J connectivity index is 2.21. The maximum Gasteiger partial charge on any atom is 0.574 e. The molecule has 2 heterocycles. The first-order valence-corrected chi connectivity index (χ1v) is 4.24. The zero-order valence-corrected chi connectivity index (χ0v) is 7.75. The lowest BCUT2D eigenvalue weighted by Crippen LogP contribution is -2.26. The van der Waals surface area contributed by atoms with Gasteiger partial charge in [0.05, 0.1) is 12.2 Å². The highest BCUT2D eigenvalue weighted by atomic mass is 19.4. The van der Waals surface area contributed by atoms with Gasteiger partial charge in [-0.3, -0.25) is 0 Å². The first-order valence-electron chi connectivity index (χ1n) is 4.24. The molecule has 0 aliphatic carbocycles. The highest BCUT2D eigenvalue weighted by molar-refractivity contribution is 5.46. The van der Waals surface area contributed by atoms with E-state index < -0.39 is 12.2 Å². The minimum Gasteiger partial charge on any atom is -0.386 e. The normalized spacial score (nSPS) is 19.6. The molecule has 82 valence electrons. The first kappa shape index (κ1) is 9.88. The highest BCUT2D eigenvalue weighted by Crippen LogP contribution is 2.22. The fourth-order valence-electron chi connectivity index (χ4n) is 1.25. The van der Waals surface area contributed by atoms with E-state index in [2.05, 4.69) is 15.1 Å². The van der Waals surface area contributed by atoms with Crippen molar-refractivity contribution in [3.63, 3.8) is 0 Å². The summed E-state index contributed by atoms with van der Waals surface area (Å²) >= 11 is 0. The first-order chi connectivity index (χ1) is 6.94. The van der Waals surface area contributed by atoms with Crippen LogP contribution in [-0.2, 0) is 0 Å². The number of imidazole rings is 1. The molecule has 4 nitrogen and oxygen atoms in total. The summed E-state index contributed by atoms with van der Waals surface area (Å²) in [5.74, 6) is -0.0869. The molecule has 0 fully saturated rings. The van der Waals surface area contributed by atoms with Crippen LogP contribution in [-0.4, -0.2) is 22.1 Å². The van der Waals surface area contributed by atoms with Gasteiger partial charge in [-0.25, -0.2) is 4.68 Å². The topological polar surface area (TPSA) is 39.1 Å². The summed E-state index contributed by atoms with van der Waals surface area (Å²) in [6.07, 6.45) is -0.132. The van der Waals surface area contributed by atoms with Crippen molar-refractivity contribution in [2.45, 2.75) is 19.3 Å². The average molecular weight is 219 g/mol. The van der Waals surface area contributed by atoms with Crippen LogP contribution in [0.15, 0.2) is 12.3 Å². The molecule has 1 N–H and O–H groups in total. The number of fused-ring (bicyclic) bond motifs is 1. The van der Waals surface area contributed by atoms with E-state index in [9.17, 15) is 13.2 Å². The SMILES string of the molecule is CC1C=Cc2nc(OC(F)(F)F)cn2N1. The lowest BCUT2D eigenvalue weighted by molar-refractivity contribution is -0.276. The molecule has 1 atom stereocenters. The summed E-state index contributed by atoms with van der Waals surface area (Å²) < 4.78 is 40.7. The molecule has 0 spiro atoms. The van der Waals surface area contributed by atoms with Gasteiger partial charge in [0.25, 0.3) is 0 Å². The van der Waals surface area contributed by atoms with Crippen LogP contribution in [0.5, 0.6) is 5.88 Å². The minimum atomic E-state index is -4.71. The second-order valence-electron chi connectivity index (χ2n) is 3.13. The quantitative estimate of drug-likeness (QED) is 0.781. The van der Waals surface area contributed by atoms with Crippen LogP contribution in [0.4, 0.5) is 13.2 Å². The number of aromatic nitrogens is 2. The maximum atomic E-state index is 11.9. The molecule has 1 aliphatic heterocycles. The van der Waals surface area contributed by atoms with E-state index in [0.717, 1.165) is 6.20 Å². The molecule has 0 amide bonds. The molecule has 0 aromatic carbocycles. The third kappa shape index (κ3) is 2.23. The lowest BCUT2D eigenvalue weighted by Gasteiger charge is -2.16. The molecule has 0 saturated carbocycles. The summed E-state index contributed by atoms with van der Waals surface area (Å²) in [6.45, 7) is 1.86. The lowest BCUT2D eigenvalue weighted by atomic mass is 10.3. The number of ether oxygens (including phenoxy) is 1. The van der Waals surface area contributed by atoms with Crippen molar-refractivity contribution in [2.24, 2.45) is 0 Å². The van der Waals surface area contributed by atoms with Crippen LogP contribution in [0.1, 0.15) is 12.7 Å². The Hall–Kier alpha value is -1.66. The smallest absolute Gasteiger partial charge is 0.386 e. The van der Waals surface area contributed by atoms with E-state index in [4.69, 9.17) is 0 Å². The Morgan fingerprint density at radius 3 is 2.93 bits per heavy atom. The number of halogens is 3. The number of hydrogen-bond acceptors (Lipinski definition) is 3. The van der Waals surface area contributed by atoms with Crippen LogP contribution in [0.25, 0.3) is 6.08 Å². The molecule has 1 aromatic heterocycles. The third-order valence-electron chi connectivity index (χ3n) is 1.81. The molecule has 0 bridgehead atoms. The standard InChI is InChI=1S/C8H8F3N3O/c1-5-2-3-6-12-7(4-14(6)13-5)15-8(9,10)11/h2-5,13H,1H3. The van der Waals surface area contributed by atoms with Gasteiger partial charge in [0.2, 0.25) is 5.88 Å². The van der Waals surface area contributed by atoms with Crippen LogP contribution >= 0.6 is 0 Å². The van der Waals surface area contributed by atoms with Gasteiger partial charge < -0.3 is 10.2 Å². The van der Waals surface area contributed by atoms with Crippen molar-refractivity contribution in [2.75, 3.05) is 5.43 Å². The number of nitrogens with zero attached hydrogens (tertiary/aromatic N) is 2. The third-order valence-corrected chi connectivity index (χ3v) is 1.81. The Morgan fingerprint density at radius 1 is 1.53 bits per heavy atom. The largest absolute Gasteiger partial charge is 0.574 e. The highest BCUT2D eigenvalue weighted by Gasteiger charge is 2.32. The van der Waals surface area contributed by atoms with E-state index in [-0.39, 0.29) is 6.04 Å². The second kappa shape index (κ2) is 3.18. The fraction of sp³-hybridized carbons (Fsp3) is 0.375. The van der Waals surface area contributed by atoms with E-state index in [1.165, 1.54) is 4.68 Å². The molecule has 1 unspecified atom stereocenters. The fourth-order valence-corrected chi connectivity index (χ4v) is 1.25. The molecular formula is C8H8F3N3O. The van der Waals surface area contributed by atoms with Gasteiger partial charge in [-0.2, -0.15) is 4.98 Å². The van der Waals surface area contributed by atoms with Crippen LogP contribution in [0, 0.1) is 0 Å². The Labute approximate surface area is 83.3 Å². The molecule has 1 aromatic rings. The molecule has 15 heavy (non-hydrogen) atoms. The predicted octanol–water partition coefficient (Wildman–Crippen LogP) is 1.74. The number of hydrogen-bond donors (Lipinski definition) is 1. The summed E-state index contributed by atoms with van der Waals surface area (Å²) in [6, 6.07) is 0.0467. The van der Waals surface area contributed by atoms with Crippen molar-refractivity contribution >= 4 is 6.08 Å². The summed E-state index contributed by atoms with van der Waals surface area (Å²) in [5.41, 5.74) is 2.89. The zero-order chi connectivity index (χ0) is 11.1. The maximum absolute atomic E-state index is 11.9. The van der Waals surface area contributed by atoms with Gasteiger partial charge in [0.15, 0.2) is 5.82 Å². The van der Waals surface area contributed by atoms with Crippen LogP contribution in [0.3, 0.4) is 0 Å². The molecule has 0 saturated heterocycles. The summed E-state index contributed by atoms with van der Waals surface area (Å²) in [4.78, 5) is 3.64. The van der Waals surface area contributed by atoms with Crippen molar-refractivity contribution in [1.82, 2.24) is 9.66 Å². The predicted molar refractivity (Wildman–Crippen MR) is 46.8 cm³/mol. The van der Waals surface area contributed by atoms with Crippen molar-refractivity contribution < 1.29 is 17.9 Å². The van der Waals surface area contributed by atoms with Gasteiger partial charge in [0.1, 0.15) is 0 Å². The molecule has 1 aliphatic rings. The molecule has 0 radical (unpaired) electrons. The van der Waals surface area contributed by atoms with E-state index in [0.29, 0.717) is 5.82 Å². The van der Waals surface area contributed by atoms with E-state index in [1.807, 2.05) is 6.92 Å². The van der Waals surface area contributed by atoms with Gasteiger partial charge in [-0.05, 0) is 13.0 Å². The van der Waals surface area contributed by atoms with Crippen molar-refractivity contribution in [3.05, 3.63) is 18.1 Å². The summed E-state index contributed by atoms with van der Waals surface area (Å²) in [5, 5.41) is 0. The number of nitrogens with one attached hydrogen (secondary N) is 1. The number of alkyl halides is 3. The minimum absolute atomic E-state index is 0.0467. The zero-order valence-electron chi connectivity index (χ0n) is 7.75. The van der Waals surface area contributed by atoms with Gasteiger partial charge >= 0.3 is 6.36 Å². The monoisotopic (exact) mass is 219 g/mol. The van der Waals surface area contributed by atoms with E-state index in [1.54, 1.807) is 12.2 Å². The summed E-state index contributed by atoms with van der Waals surface area (Å²) in [7, 11) is 0. The number of rotatable bonds is 1. The Morgan fingerprint density at radius 2 is 2.27 bits per heavy atom. The Kier molecular flexibility index (Phi) is 2.09.